The highest BCUT2D eigenvalue weighted by molar-refractivity contribution is 9.10. The lowest BCUT2D eigenvalue weighted by atomic mass is 9.74. The van der Waals surface area contributed by atoms with E-state index in [2.05, 4.69) is 27.3 Å². The number of halogens is 1. The van der Waals surface area contributed by atoms with Gasteiger partial charge in [-0.05, 0) is 45.9 Å². The summed E-state index contributed by atoms with van der Waals surface area (Å²) in [6, 6.07) is 7.34. The first-order valence-corrected chi connectivity index (χ1v) is 6.62. The van der Waals surface area contributed by atoms with Gasteiger partial charge in [-0.25, -0.2) is 0 Å². The molecule has 0 unspecified atom stereocenters. The van der Waals surface area contributed by atoms with Gasteiger partial charge in [-0.15, -0.1) is 0 Å². The van der Waals surface area contributed by atoms with E-state index in [9.17, 15) is 9.90 Å². The summed E-state index contributed by atoms with van der Waals surface area (Å²) < 4.78 is 0.831. The number of hydrogen-bond donors (Lipinski definition) is 2. The fourth-order valence-electron chi connectivity index (χ4n) is 1.48. The van der Waals surface area contributed by atoms with Crippen LogP contribution in [0, 0.1) is 16.7 Å². The maximum Gasteiger partial charge on any atom is 0.311 e. The first-order chi connectivity index (χ1) is 8.61. The monoisotopic (exact) mass is 324 g/mol. The average molecular weight is 325 g/mol. The summed E-state index contributed by atoms with van der Waals surface area (Å²) in [5, 5.41) is 21.6. The number of hydrogen-bond acceptors (Lipinski definition) is 3. The minimum atomic E-state index is -0.984. The van der Waals surface area contributed by atoms with Crippen LogP contribution >= 0.6 is 15.9 Å². The van der Waals surface area contributed by atoms with Gasteiger partial charge in [0.15, 0.2) is 0 Å². The second-order valence-corrected chi connectivity index (χ2v) is 6.40. The Hall–Kier alpha value is -1.54. The summed E-state index contributed by atoms with van der Waals surface area (Å²) in [4.78, 5) is 11.4. The molecule has 1 aromatic rings. The van der Waals surface area contributed by atoms with Crippen LogP contribution in [0.15, 0.2) is 22.7 Å². The smallest absolute Gasteiger partial charge is 0.311 e. The normalized spacial score (nSPS) is 11.8. The summed E-state index contributed by atoms with van der Waals surface area (Å²) in [5.41, 5.74) is -0.596. The summed E-state index contributed by atoms with van der Waals surface area (Å²) in [5.74, 6) is -0.890. The Labute approximate surface area is 121 Å². The standard InChI is InChI=1S/C14H17BrN2O2/c1-13(2,12(18)19)14(3,4)17-11-7-10(15)6-5-9(11)8-16/h5-7,17H,1-4H3,(H,18,19). The van der Waals surface area contributed by atoms with E-state index in [1.54, 1.807) is 32.0 Å². The number of nitriles is 1. The summed E-state index contributed by atoms with van der Waals surface area (Å²) in [7, 11) is 0. The van der Waals surface area contributed by atoms with Crippen molar-refractivity contribution in [3.63, 3.8) is 0 Å². The number of rotatable bonds is 4. The highest BCUT2D eigenvalue weighted by Gasteiger charge is 2.43. The van der Waals surface area contributed by atoms with E-state index in [4.69, 9.17) is 5.26 Å². The molecule has 4 nitrogen and oxygen atoms in total. The van der Waals surface area contributed by atoms with Crippen LogP contribution in [0.4, 0.5) is 5.69 Å². The van der Waals surface area contributed by atoms with Crippen molar-refractivity contribution in [3.8, 4) is 6.07 Å². The van der Waals surface area contributed by atoms with Crippen molar-refractivity contribution in [2.24, 2.45) is 5.41 Å². The van der Waals surface area contributed by atoms with E-state index in [1.165, 1.54) is 0 Å². The maximum atomic E-state index is 11.4. The lowest BCUT2D eigenvalue weighted by molar-refractivity contribution is -0.149. The van der Waals surface area contributed by atoms with Gasteiger partial charge in [-0.1, -0.05) is 15.9 Å². The number of benzene rings is 1. The van der Waals surface area contributed by atoms with Crippen LogP contribution < -0.4 is 5.32 Å². The molecule has 0 saturated heterocycles. The molecule has 0 heterocycles. The minimum absolute atomic E-state index is 0.484. The average Bonchev–Trinajstić information content (AvgIpc) is 2.28. The van der Waals surface area contributed by atoms with E-state index in [1.807, 2.05) is 13.8 Å². The molecule has 0 amide bonds. The van der Waals surface area contributed by atoms with Crippen molar-refractivity contribution in [2.45, 2.75) is 33.2 Å². The number of carbonyl (C=O) groups is 1. The zero-order valence-corrected chi connectivity index (χ0v) is 13.0. The Morgan fingerprint density at radius 2 is 1.95 bits per heavy atom. The van der Waals surface area contributed by atoms with Crippen LogP contribution in [0.1, 0.15) is 33.3 Å². The fraction of sp³-hybridized carbons (Fsp3) is 0.429. The molecule has 0 aliphatic carbocycles. The van der Waals surface area contributed by atoms with Crippen molar-refractivity contribution >= 4 is 27.6 Å². The molecule has 19 heavy (non-hydrogen) atoms. The highest BCUT2D eigenvalue weighted by atomic mass is 79.9. The third-order valence-corrected chi connectivity index (χ3v) is 4.14. The third-order valence-electron chi connectivity index (χ3n) is 3.65. The van der Waals surface area contributed by atoms with Crippen molar-refractivity contribution in [2.75, 3.05) is 5.32 Å². The number of anilines is 1. The molecule has 0 fully saturated rings. The van der Waals surface area contributed by atoms with Crippen LogP contribution in [-0.2, 0) is 4.79 Å². The van der Waals surface area contributed by atoms with Gasteiger partial charge in [0.2, 0.25) is 0 Å². The topological polar surface area (TPSA) is 73.1 Å². The number of aliphatic carboxylic acids is 1. The van der Waals surface area contributed by atoms with Gasteiger partial charge in [-0.2, -0.15) is 5.26 Å². The number of nitrogens with one attached hydrogen (secondary N) is 1. The third kappa shape index (κ3) is 3.07. The lowest BCUT2D eigenvalue weighted by Gasteiger charge is -2.39. The second kappa shape index (κ2) is 5.22. The Morgan fingerprint density at radius 3 is 2.42 bits per heavy atom. The second-order valence-electron chi connectivity index (χ2n) is 5.48. The van der Waals surface area contributed by atoms with Gasteiger partial charge in [-0.3, -0.25) is 4.79 Å². The van der Waals surface area contributed by atoms with Crippen LogP contribution in [0.3, 0.4) is 0 Å². The summed E-state index contributed by atoms with van der Waals surface area (Å²) in [6.45, 7) is 6.94. The SMILES string of the molecule is CC(C)(Nc1cc(Br)ccc1C#N)C(C)(C)C(=O)O. The van der Waals surface area contributed by atoms with Gasteiger partial charge >= 0.3 is 5.97 Å². The summed E-state index contributed by atoms with van der Waals surface area (Å²) >= 11 is 3.35. The lowest BCUT2D eigenvalue weighted by Crippen LogP contribution is -2.50. The number of carboxylic acids is 1. The highest BCUT2D eigenvalue weighted by Crippen LogP contribution is 2.35. The molecule has 1 rings (SSSR count). The van der Waals surface area contributed by atoms with E-state index >= 15 is 0 Å². The Bertz CT molecular complexity index is 545. The van der Waals surface area contributed by atoms with E-state index in [0.29, 0.717) is 11.3 Å². The van der Waals surface area contributed by atoms with E-state index < -0.39 is 16.9 Å². The van der Waals surface area contributed by atoms with Crippen LogP contribution in [-0.4, -0.2) is 16.6 Å². The molecule has 0 radical (unpaired) electrons. The predicted octanol–water partition coefficient (Wildman–Crippen LogP) is 3.62. The molecule has 0 aromatic heterocycles. The van der Waals surface area contributed by atoms with Gasteiger partial charge in [0.05, 0.1) is 16.7 Å². The Morgan fingerprint density at radius 1 is 1.37 bits per heavy atom. The molecule has 0 saturated carbocycles. The maximum absolute atomic E-state index is 11.4. The molecule has 5 heteroatoms. The minimum Gasteiger partial charge on any atom is -0.481 e. The molecule has 0 bridgehead atoms. The molecule has 2 N–H and O–H groups in total. The van der Waals surface area contributed by atoms with Crippen LogP contribution in [0.2, 0.25) is 0 Å². The van der Waals surface area contributed by atoms with Crippen LogP contribution in [0.5, 0.6) is 0 Å². The molecule has 102 valence electrons. The van der Waals surface area contributed by atoms with E-state index in [0.717, 1.165) is 4.47 Å². The predicted molar refractivity (Wildman–Crippen MR) is 78.0 cm³/mol. The zero-order valence-electron chi connectivity index (χ0n) is 11.4. The van der Waals surface area contributed by atoms with Crippen molar-refractivity contribution in [1.82, 2.24) is 0 Å². The quantitative estimate of drug-likeness (QED) is 0.887. The molecule has 0 atom stereocenters. The Kier molecular flexibility index (Phi) is 4.26. The van der Waals surface area contributed by atoms with Crippen molar-refractivity contribution in [1.29, 1.82) is 5.26 Å². The zero-order chi connectivity index (χ0) is 14.8. The van der Waals surface area contributed by atoms with Crippen LogP contribution in [0.25, 0.3) is 0 Å². The molecular weight excluding hydrogens is 308 g/mol. The molecule has 0 aliphatic heterocycles. The van der Waals surface area contributed by atoms with E-state index in [-0.39, 0.29) is 0 Å². The first-order valence-electron chi connectivity index (χ1n) is 5.83. The van der Waals surface area contributed by atoms with Crippen molar-refractivity contribution < 1.29 is 9.90 Å². The van der Waals surface area contributed by atoms with Gasteiger partial charge in [0.25, 0.3) is 0 Å². The van der Waals surface area contributed by atoms with Gasteiger partial charge in [0, 0.05) is 10.0 Å². The number of carboxylic acid groups (broad SMARTS) is 1. The Balaban J connectivity index is 3.19. The van der Waals surface area contributed by atoms with Gasteiger partial charge in [0.1, 0.15) is 6.07 Å². The molecule has 0 aliphatic rings. The number of nitrogens with zero attached hydrogens (tertiary/aromatic N) is 1. The molecular formula is C14H17BrN2O2. The largest absolute Gasteiger partial charge is 0.481 e. The summed E-state index contributed by atoms with van der Waals surface area (Å²) in [6.07, 6.45) is 0. The fourth-order valence-corrected chi connectivity index (χ4v) is 1.84. The molecule has 1 aromatic carbocycles. The molecule has 0 spiro atoms. The van der Waals surface area contributed by atoms with Gasteiger partial charge < -0.3 is 10.4 Å². The van der Waals surface area contributed by atoms with Crippen molar-refractivity contribution in [3.05, 3.63) is 28.2 Å². The first kappa shape index (κ1) is 15.5.